The minimum Gasteiger partial charge on any atom is -0.323 e. The summed E-state index contributed by atoms with van der Waals surface area (Å²) in [5.74, 6) is 0.944. The molecular formula is C15H23N5. The molecule has 0 unspecified atom stereocenters. The highest BCUT2D eigenvalue weighted by Gasteiger charge is 2.18. The van der Waals surface area contributed by atoms with Gasteiger partial charge in [-0.15, -0.1) is 0 Å². The molecule has 0 aromatic carbocycles. The highest BCUT2D eigenvalue weighted by atomic mass is 15.3. The van der Waals surface area contributed by atoms with Gasteiger partial charge in [-0.05, 0) is 19.3 Å². The van der Waals surface area contributed by atoms with E-state index in [2.05, 4.69) is 33.1 Å². The van der Waals surface area contributed by atoms with Crippen LogP contribution in [0.15, 0.2) is 18.6 Å². The molecule has 1 fully saturated rings. The van der Waals surface area contributed by atoms with Gasteiger partial charge in [-0.2, -0.15) is 5.10 Å². The maximum Gasteiger partial charge on any atom is 0.207 e. The van der Waals surface area contributed by atoms with Gasteiger partial charge in [0.15, 0.2) is 0 Å². The topological polar surface area (TPSA) is 47.7 Å². The van der Waals surface area contributed by atoms with Gasteiger partial charge in [-0.25, -0.2) is 4.98 Å². The summed E-state index contributed by atoms with van der Waals surface area (Å²) in [7, 11) is 1.96. The van der Waals surface area contributed by atoms with Gasteiger partial charge in [0, 0.05) is 31.7 Å². The van der Waals surface area contributed by atoms with E-state index in [0.29, 0.717) is 6.04 Å². The Kier molecular flexibility index (Phi) is 3.76. The van der Waals surface area contributed by atoms with Crippen LogP contribution in [0.3, 0.4) is 0 Å². The van der Waals surface area contributed by atoms with Crippen LogP contribution in [0.1, 0.15) is 50.8 Å². The second-order valence-corrected chi connectivity index (χ2v) is 5.59. The Bertz CT molecular complexity index is 563. The van der Waals surface area contributed by atoms with E-state index in [-0.39, 0.29) is 0 Å². The first-order valence-corrected chi connectivity index (χ1v) is 7.60. The molecule has 0 amide bonds. The Labute approximate surface area is 120 Å². The lowest BCUT2D eigenvalue weighted by Crippen LogP contribution is -2.14. The Morgan fingerprint density at radius 2 is 2.10 bits per heavy atom. The Morgan fingerprint density at radius 3 is 2.85 bits per heavy atom. The molecule has 1 aliphatic carbocycles. The molecular weight excluding hydrogens is 250 g/mol. The van der Waals surface area contributed by atoms with Crippen LogP contribution >= 0.6 is 0 Å². The molecule has 5 nitrogen and oxygen atoms in total. The van der Waals surface area contributed by atoms with Gasteiger partial charge >= 0.3 is 0 Å². The molecule has 1 N–H and O–H groups in total. The quantitative estimate of drug-likeness (QED) is 0.928. The molecule has 5 heteroatoms. The molecule has 0 aliphatic heterocycles. The molecule has 2 aromatic heterocycles. The number of hydrogen-bond donors (Lipinski definition) is 1. The average Bonchev–Trinajstić information content (AvgIpc) is 3.07. The van der Waals surface area contributed by atoms with Crippen LogP contribution in [0.5, 0.6) is 0 Å². The van der Waals surface area contributed by atoms with Crippen LogP contribution < -0.4 is 5.32 Å². The number of aryl methyl sites for hydroxylation is 2. The number of imidazole rings is 1. The number of anilines is 2. The predicted molar refractivity (Wildman–Crippen MR) is 80.2 cm³/mol. The average molecular weight is 273 g/mol. The Hall–Kier alpha value is -1.78. The van der Waals surface area contributed by atoms with E-state index in [4.69, 9.17) is 0 Å². The molecule has 0 saturated heterocycles. The van der Waals surface area contributed by atoms with Crippen molar-refractivity contribution < 1.29 is 0 Å². The van der Waals surface area contributed by atoms with Crippen molar-refractivity contribution in [3.05, 3.63) is 24.3 Å². The van der Waals surface area contributed by atoms with E-state index in [0.717, 1.165) is 23.8 Å². The van der Waals surface area contributed by atoms with Crippen LogP contribution in [0, 0.1) is 0 Å². The molecule has 108 valence electrons. The first kappa shape index (κ1) is 13.2. The van der Waals surface area contributed by atoms with Crippen LogP contribution in [-0.4, -0.2) is 19.3 Å². The summed E-state index contributed by atoms with van der Waals surface area (Å²) in [6, 6.07) is 0.593. The van der Waals surface area contributed by atoms with E-state index < -0.39 is 0 Å². The largest absolute Gasteiger partial charge is 0.323 e. The van der Waals surface area contributed by atoms with E-state index in [1.54, 1.807) is 0 Å². The monoisotopic (exact) mass is 273 g/mol. The molecule has 0 bridgehead atoms. The molecule has 20 heavy (non-hydrogen) atoms. The maximum atomic E-state index is 4.49. The number of rotatable bonds is 4. The van der Waals surface area contributed by atoms with Crippen molar-refractivity contribution in [3.8, 4) is 0 Å². The zero-order valence-corrected chi connectivity index (χ0v) is 12.3. The number of hydrogen-bond acceptors (Lipinski definition) is 3. The minimum absolute atomic E-state index is 0.593. The third kappa shape index (κ3) is 2.57. The number of nitrogens with zero attached hydrogens (tertiary/aromatic N) is 4. The first-order chi connectivity index (χ1) is 9.78. The highest BCUT2D eigenvalue weighted by molar-refractivity contribution is 5.55. The second kappa shape index (κ2) is 5.69. The van der Waals surface area contributed by atoms with Crippen molar-refractivity contribution in [2.24, 2.45) is 7.05 Å². The standard InChI is InChI=1S/C15H23N5/c1-3-13-14(11-19(2)18-13)17-15-16-9-10-20(15)12-7-5-4-6-8-12/h9-12H,3-8H2,1-2H3,(H,16,17). The van der Waals surface area contributed by atoms with Gasteiger partial charge in [0.1, 0.15) is 0 Å². The second-order valence-electron chi connectivity index (χ2n) is 5.59. The van der Waals surface area contributed by atoms with Crippen LogP contribution in [0.2, 0.25) is 0 Å². The number of nitrogens with one attached hydrogen (secondary N) is 1. The maximum absolute atomic E-state index is 4.49. The van der Waals surface area contributed by atoms with Gasteiger partial charge in [-0.3, -0.25) is 4.68 Å². The lowest BCUT2D eigenvalue weighted by molar-refractivity contribution is 0.356. The van der Waals surface area contributed by atoms with Crippen LogP contribution in [-0.2, 0) is 13.5 Å². The van der Waals surface area contributed by atoms with Crippen molar-refractivity contribution in [1.82, 2.24) is 19.3 Å². The Balaban J connectivity index is 1.82. The first-order valence-electron chi connectivity index (χ1n) is 7.60. The van der Waals surface area contributed by atoms with E-state index >= 15 is 0 Å². The normalized spacial score (nSPS) is 16.5. The molecule has 0 spiro atoms. The van der Waals surface area contributed by atoms with Crippen molar-refractivity contribution >= 4 is 11.6 Å². The highest BCUT2D eigenvalue weighted by Crippen LogP contribution is 2.31. The molecule has 0 atom stereocenters. The summed E-state index contributed by atoms with van der Waals surface area (Å²) in [6.07, 6.45) is 13.5. The van der Waals surface area contributed by atoms with Crippen LogP contribution in [0.4, 0.5) is 11.6 Å². The fourth-order valence-electron chi connectivity index (χ4n) is 3.08. The van der Waals surface area contributed by atoms with Crippen molar-refractivity contribution in [3.63, 3.8) is 0 Å². The van der Waals surface area contributed by atoms with E-state index in [1.165, 1.54) is 32.1 Å². The van der Waals surface area contributed by atoms with Crippen molar-refractivity contribution in [2.75, 3.05) is 5.32 Å². The van der Waals surface area contributed by atoms with E-state index in [9.17, 15) is 0 Å². The zero-order chi connectivity index (χ0) is 13.9. The van der Waals surface area contributed by atoms with Crippen LogP contribution in [0.25, 0.3) is 0 Å². The van der Waals surface area contributed by atoms with Gasteiger partial charge < -0.3 is 9.88 Å². The molecule has 1 aliphatic rings. The summed E-state index contributed by atoms with van der Waals surface area (Å²) >= 11 is 0. The zero-order valence-electron chi connectivity index (χ0n) is 12.3. The third-order valence-corrected chi connectivity index (χ3v) is 4.12. The van der Waals surface area contributed by atoms with Gasteiger partial charge in [0.05, 0.1) is 11.4 Å². The fourth-order valence-corrected chi connectivity index (χ4v) is 3.08. The molecule has 3 rings (SSSR count). The van der Waals surface area contributed by atoms with Gasteiger partial charge in [-0.1, -0.05) is 26.2 Å². The van der Waals surface area contributed by atoms with E-state index in [1.807, 2.05) is 24.1 Å². The van der Waals surface area contributed by atoms with Gasteiger partial charge in [0.25, 0.3) is 0 Å². The molecule has 2 heterocycles. The number of aromatic nitrogens is 4. The SMILES string of the molecule is CCc1nn(C)cc1Nc1nccn1C1CCCCC1. The Morgan fingerprint density at radius 1 is 1.30 bits per heavy atom. The summed E-state index contributed by atoms with van der Waals surface area (Å²) in [6.45, 7) is 2.13. The van der Waals surface area contributed by atoms with Gasteiger partial charge in [0.2, 0.25) is 5.95 Å². The summed E-state index contributed by atoms with van der Waals surface area (Å²) in [5, 5.41) is 7.93. The third-order valence-electron chi connectivity index (χ3n) is 4.12. The molecule has 0 radical (unpaired) electrons. The minimum atomic E-state index is 0.593. The van der Waals surface area contributed by atoms with Crippen molar-refractivity contribution in [1.29, 1.82) is 0 Å². The lowest BCUT2D eigenvalue weighted by Gasteiger charge is -2.24. The fraction of sp³-hybridized carbons (Fsp3) is 0.600. The summed E-state index contributed by atoms with van der Waals surface area (Å²) in [5.41, 5.74) is 2.16. The van der Waals surface area contributed by atoms with Crippen molar-refractivity contribution in [2.45, 2.75) is 51.5 Å². The molecule has 2 aromatic rings. The summed E-state index contributed by atoms with van der Waals surface area (Å²) < 4.78 is 4.15. The smallest absolute Gasteiger partial charge is 0.207 e. The summed E-state index contributed by atoms with van der Waals surface area (Å²) in [4.78, 5) is 4.49. The lowest BCUT2D eigenvalue weighted by atomic mass is 9.95. The predicted octanol–water partition coefficient (Wildman–Crippen LogP) is 3.43. The molecule has 1 saturated carbocycles.